The van der Waals surface area contributed by atoms with Crippen molar-refractivity contribution < 1.29 is 36.8 Å². The predicted molar refractivity (Wildman–Crippen MR) is 170 cm³/mol. The third-order valence-electron chi connectivity index (χ3n) is 7.55. The van der Waals surface area contributed by atoms with Crippen LogP contribution in [0.4, 0.5) is 0 Å². The van der Waals surface area contributed by atoms with Gasteiger partial charge in [-0.3, -0.25) is 18.9 Å². The van der Waals surface area contributed by atoms with Gasteiger partial charge in [-0.25, -0.2) is 0 Å². The van der Waals surface area contributed by atoms with Gasteiger partial charge in [0.1, 0.15) is 11.6 Å². The van der Waals surface area contributed by atoms with Crippen LogP contribution in [0.5, 0.6) is 0 Å². The van der Waals surface area contributed by atoms with E-state index in [0.29, 0.717) is 38.9 Å². The maximum Gasteiger partial charge on any atom is 0.266 e. The molecule has 0 aliphatic rings. The quantitative estimate of drug-likeness (QED) is 0.115. The molecule has 0 saturated heterocycles. The molecule has 9 nitrogen and oxygen atoms in total. The Labute approximate surface area is 257 Å². The van der Waals surface area contributed by atoms with Crippen LogP contribution < -0.4 is 5.32 Å². The van der Waals surface area contributed by atoms with Gasteiger partial charge in [-0.1, -0.05) is 54.9 Å². The largest absolute Gasteiger partial charge is 0.376 e. The SMILES string of the molecule is CC.CC(C)(C)OCCCCCC(=O)C(C)(C)C(C)(C)OCCC(CCC(=O)C(C)(C)C)CC(=O)NCCS(=O)(=O)O. The van der Waals surface area contributed by atoms with Crippen molar-refractivity contribution in [3.05, 3.63) is 0 Å². The second kappa shape index (κ2) is 19.1. The summed E-state index contributed by atoms with van der Waals surface area (Å²) >= 11 is 0. The Kier molecular flexibility index (Phi) is 19.5. The summed E-state index contributed by atoms with van der Waals surface area (Å²) in [6.45, 7) is 24.1. The van der Waals surface area contributed by atoms with Gasteiger partial charge in [0.2, 0.25) is 5.91 Å². The molecule has 1 unspecified atom stereocenters. The molecule has 0 aromatic rings. The van der Waals surface area contributed by atoms with Gasteiger partial charge in [-0.2, -0.15) is 8.42 Å². The van der Waals surface area contributed by atoms with E-state index in [4.69, 9.17) is 14.0 Å². The molecule has 42 heavy (non-hydrogen) atoms. The molecule has 0 bridgehead atoms. The summed E-state index contributed by atoms with van der Waals surface area (Å²) in [5.41, 5.74) is -2.11. The van der Waals surface area contributed by atoms with Crippen LogP contribution in [-0.4, -0.2) is 67.2 Å². The molecule has 10 heteroatoms. The van der Waals surface area contributed by atoms with Crippen molar-refractivity contribution in [3.8, 4) is 0 Å². The lowest BCUT2D eigenvalue weighted by Gasteiger charge is -2.40. The fraction of sp³-hybridized carbons (Fsp3) is 0.906. The molecule has 1 amide bonds. The Morgan fingerprint density at radius 1 is 0.762 bits per heavy atom. The molecule has 0 radical (unpaired) electrons. The van der Waals surface area contributed by atoms with E-state index in [2.05, 4.69) is 5.32 Å². The molecule has 0 rings (SSSR count). The van der Waals surface area contributed by atoms with Crippen LogP contribution >= 0.6 is 0 Å². The highest BCUT2D eigenvalue weighted by Crippen LogP contribution is 2.37. The molecule has 0 saturated carbocycles. The first kappa shape index (κ1) is 42.8. The number of Topliss-reactive ketones (excluding diaryl/α,β-unsaturated/α-hetero) is 2. The topological polar surface area (TPSA) is 136 Å². The van der Waals surface area contributed by atoms with Gasteiger partial charge >= 0.3 is 0 Å². The Bertz CT molecular complexity index is 912. The highest BCUT2D eigenvalue weighted by atomic mass is 32.2. The number of rotatable bonds is 20. The number of ether oxygens (including phenoxy) is 2. The molecule has 0 aliphatic carbocycles. The average molecular weight is 622 g/mol. The fourth-order valence-corrected chi connectivity index (χ4v) is 4.32. The van der Waals surface area contributed by atoms with Gasteiger partial charge in [-0.15, -0.1) is 0 Å². The van der Waals surface area contributed by atoms with Gasteiger partial charge in [0.25, 0.3) is 10.1 Å². The van der Waals surface area contributed by atoms with Crippen LogP contribution in [0.3, 0.4) is 0 Å². The molecule has 0 aromatic carbocycles. The third-order valence-corrected chi connectivity index (χ3v) is 8.27. The summed E-state index contributed by atoms with van der Waals surface area (Å²) in [4.78, 5) is 38.1. The Balaban J connectivity index is 0. The van der Waals surface area contributed by atoms with Crippen LogP contribution in [0, 0.1) is 16.7 Å². The zero-order valence-corrected chi connectivity index (χ0v) is 29.6. The number of nitrogens with one attached hydrogen (secondary N) is 1. The number of carbonyl (C=O) groups is 3. The monoisotopic (exact) mass is 621 g/mol. The van der Waals surface area contributed by atoms with Crippen molar-refractivity contribution in [2.24, 2.45) is 16.7 Å². The highest BCUT2D eigenvalue weighted by molar-refractivity contribution is 7.85. The number of hydrogen-bond donors (Lipinski definition) is 2. The van der Waals surface area contributed by atoms with E-state index in [1.807, 2.05) is 83.1 Å². The van der Waals surface area contributed by atoms with Crippen LogP contribution in [0.25, 0.3) is 0 Å². The van der Waals surface area contributed by atoms with Crippen molar-refractivity contribution in [1.82, 2.24) is 5.32 Å². The first-order valence-corrected chi connectivity index (χ1v) is 17.2. The Hall–Kier alpha value is -1.36. The minimum absolute atomic E-state index is 0.0993. The first-order valence-electron chi connectivity index (χ1n) is 15.5. The standard InChI is InChI=1S/C30H57NO8S.C2H6/c1-27(2,3)24(32)16-15-23(22-26(34)31-18-21-40(35,36)37)17-20-39-30(9,10)29(7,8)25(33)14-12-11-13-19-38-28(4,5)6;1-2/h23H,11-22H2,1-10H3,(H,31,34)(H,35,36,37);1-2H3. The molecule has 1 atom stereocenters. The van der Waals surface area contributed by atoms with Crippen molar-refractivity contribution >= 4 is 27.6 Å². The summed E-state index contributed by atoms with van der Waals surface area (Å²) in [6, 6.07) is 0. The Morgan fingerprint density at radius 3 is 1.83 bits per heavy atom. The maximum atomic E-state index is 13.1. The molecular weight excluding hydrogens is 558 g/mol. The zero-order chi connectivity index (χ0) is 33.4. The number of amides is 1. The Morgan fingerprint density at radius 2 is 1.33 bits per heavy atom. The lowest BCUT2D eigenvalue weighted by Crippen LogP contribution is -2.47. The van der Waals surface area contributed by atoms with Crippen molar-refractivity contribution in [3.63, 3.8) is 0 Å². The van der Waals surface area contributed by atoms with Crippen molar-refractivity contribution in [1.29, 1.82) is 0 Å². The van der Waals surface area contributed by atoms with E-state index in [1.165, 1.54) is 0 Å². The predicted octanol–water partition coefficient (Wildman–Crippen LogP) is 6.57. The molecule has 250 valence electrons. The van der Waals surface area contributed by atoms with Gasteiger partial charge in [0.15, 0.2) is 0 Å². The molecule has 0 heterocycles. The molecule has 0 aromatic heterocycles. The van der Waals surface area contributed by atoms with Crippen molar-refractivity contribution in [2.45, 2.75) is 146 Å². The summed E-state index contributed by atoms with van der Waals surface area (Å²) in [7, 11) is -4.17. The van der Waals surface area contributed by atoms with Crippen LogP contribution in [0.2, 0.25) is 0 Å². The average Bonchev–Trinajstić information content (AvgIpc) is 2.83. The minimum atomic E-state index is -4.17. The summed E-state index contributed by atoms with van der Waals surface area (Å²) in [6.07, 6.45) is 4.51. The molecule has 0 spiro atoms. The molecule has 2 N–H and O–H groups in total. The molecule has 0 aliphatic heterocycles. The lowest BCUT2D eigenvalue weighted by molar-refractivity contribution is -0.149. The van der Waals surface area contributed by atoms with E-state index in [9.17, 15) is 22.8 Å². The van der Waals surface area contributed by atoms with E-state index >= 15 is 0 Å². The fourth-order valence-electron chi connectivity index (χ4n) is 3.96. The summed E-state index contributed by atoms with van der Waals surface area (Å²) in [5, 5.41) is 2.52. The number of carbonyl (C=O) groups excluding carboxylic acids is 3. The second-order valence-corrected chi connectivity index (χ2v) is 15.5. The van der Waals surface area contributed by atoms with E-state index in [0.717, 1.165) is 19.3 Å². The van der Waals surface area contributed by atoms with Crippen LogP contribution in [0.15, 0.2) is 0 Å². The zero-order valence-electron chi connectivity index (χ0n) is 28.8. The van der Waals surface area contributed by atoms with Crippen LogP contribution in [-0.2, 0) is 34.0 Å². The normalized spacial score (nSPS) is 13.6. The highest BCUT2D eigenvalue weighted by Gasteiger charge is 2.43. The number of ketones is 2. The lowest BCUT2D eigenvalue weighted by atomic mass is 9.72. The maximum absolute atomic E-state index is 13.1. The smallest absolute Gasteiger partial charge is 0.266 e. The van der Waals surface area contributed by atoms with Gasteiger partial charge in [0, 0.05) is 44.4 Å². The van der Waals surface area contributed by atoms with E-state index < -0.39 is 32.3 Å². The second-order valence-electron chi connectivity index (χ2n) is 13.9. The van der Waals surface area contributed by atoms with Crippen LogP contribution in [0.1, 0.15) is 134 Å². The van der Waals surface area contributed by atoms with Gasteiger partial charge in [0.05, 0.1) is 22.4 Å². The van der Waals surface area contributed by atoms with Gasteiger partial charge in [-0.05, 0) is 66.2 Å². The number of hydrogen-bond acceptors (Lipinski definition) is 7. The summed E-state index contributed by atoms with van der Waals surface area (Å²) < 4.78 is 42.7. The van der Waals surface area contributed by atoms with Crippen molar-refractivity contribution in [2.75, 3.05) is 25.5 Å². The summed E-state index contributed by atoms with van der Waals surface area (Å²) in [5.74, 6) is -0.833. The molecular formula is C32H63NO8S. The van der Waals surface area contributed by atoms with E-state index in [1.54, 1.807) is 0 Å². The van der Waals surface area contributed by atoms with E-state index in [-0.39, 0.29) is 42.0 Å². The number of unbranched alkanes of at least 4 members (excludes halogenated alkanes) is 2. The third kappa shape index (κ3) is 19.8. The molecule has 0 fully saturated rings. The minimum Gasteiger partial charge on any atom is -0.376 e. The first-order chi connectivity index (χ1) is 19.0. The van der Waals surface area contributed by atoms with Gasteiger partial charge < -0.3 is 14.8 Å².